The predicted molar refractivity (Wildman–Crippen MR) is 87.8 cm³/mol. The lowest BCUT2D eigenvalue weighted by Crippen LogP contribution is -2.16. The van der Waals surface area contributed by atoms with Crippen LogP contribution in [0.3, 0.4) is 0 Å². The van der Waals surface area contributed by atoms with Crippen LogP contribution < -0.4 is 0 Å². The van der Waals surface area contributed by atoms with Crippen molar-refractivity contribution >= 4 is 17.5 Å². The van der Waals surface area contributed by atoms with Gasteiger partial charge in [0.15, 0.2) is 11.6 Å². The molecule has 0 aromatic heterocycles. The van der Waals surface area contributed by atoms with Crippen molar-refractivity contribution in [3.63, 3.8) is 0 Å². The molecule has 2 rings (SSSR count). The largest absolute Gasteiger partial charge is 0.481 e. The van der Waals surface area contributed by atoms with Crippen LogP contribution in [-0.2, 0) is 4.79 Å². The molecule has 122 valence electrons. The van der Waals surface area contributed by atoms with E-state index in [0.717, 1.165) is 38.5 Å². The van der Waals surface area contributed by atoms with Gasteiger partial charge < -0.3 is 5.11 Å². The Kier molecular flexibility index (Phi) is 6.27. The van der Waals surface area contributed by atoms with Gasteiger partial charge in [0, 0.05) is 23.1 Å². The summed E-state index contributed by atoms with van der Waals surface area (Å²) in [6.45, 7) is 0. The molecule has 0 unspecified atom stereocenters. The van der Waals surface area contributed by atoms with Crippen molar-refractivity contribution in [3.8, 4) is 0 Å². The first-order valence-electron chi connectivity index (χ1n) is 8.20. The van der Waals surface area contributed by atoms with Gasteiger partial charge in [0.1, 0.15) is 0 Å². The number of allylic oxidation sites excluding steroid dienone is 2. The number of aliphatic carboxylic acids is 1. The molecule has 0 bridgehead atoms. The summed E-state index contributed by atoms with van der Waals surface area (Å²) in [6, 6.07) is 6.96. The highest BCUT2D eigenvalue weighted by atomic mass is 16.4. The van der Waals surface area contributed by atoms with E-state index >= 15 is 0 Å². The number of benzene rings is 1. The molecule has 1 aromatic carbocycles. The molecule has 23 heavy (non-hydrogen) atoms. The Morgan fingerprint density at radius 1 is 0.870 bits per heavy atom. The van der Waals surface area contributed by atoms with E-state index < -0.39 is 5.97 Å². The van der Waals surface area contributed by atoms with Gasteiger partial charge in [0.05, 0.1) is 0 Å². The van der Waals surface area contributed by atoms with E-state index in [2.05, 4.69) is 0 Å². The van der Waals surface area contributed by atoms with Gasteiger partial charge in [-0.3, -0.25) is 14.4 Å². The van der Waals surface area contributed by atoms with Crippen molar-refractivity contribution in [1.82, 2.24) is 0 Å². The maximum Gasteiger partial charge on any atom is 0.303 e. The van der Waals surface area contributed by atoms with Crippen molar-refractivity contribution in [2.45, 2.75) is 51.4 Å². The Balaban J connectivity index is 1.72. The maximum absolute atomic E-state index is 12.4. The molecule has 0 saturated heterocycles. The molecule has 0 spiro atoms. The molecule has 4 nitrogen and oxygen atoms in total. The minimum absolute atomic E-state index is 0.0262. The van der Waals surface area contributed by atoms with Crippen LogP contribution in [0.2, 0.25) is 0 Å². The second kappa shape index (κ2) is 8.42. The Labute approximate surface area is 136 Å². The Morgan fingerprint density at radius 3 is 2.17 bits per heavy atom. The zero-order chi connectivity index (χ0) is 16.7. The molecule has 0 atom stereocenters. The SMILES string of the molecule is O=C(O)CCCCCCCCC1=CC(=O)c2ccccc2C1=O. The molecule has 0 fully saturated rings. The smallest absolute Gasteiger partial charge is 0.303 e. The number of carboxylic acids is 1. The van der Waals surface area contributed by atoms with Gasteiger partial charge in [-0.15, -0.1) is 0 Å². The van der Waals surface area contributed by atoms with Gasteiger partial charge in [-0.25, -0.2) is 0 Å². The van der Waals surface area contributed by atoms with Crippen LogP contribution in [-0.4, -0.2) is 22.6 Å². The first-order valence-corrected chi connectivity index (χ1v) is 8.20. The number of rotatable bonds is 9. The lowest BCUT2D eigenvalue weighted by molar-refractivity contribution is -0.137. The first-order chi connectivity index (χ1) is 11.1. The third-order valence-corrected chi connectivity index (χ3v) is 4.12. The zero-order valence-electron chi connectivity index (χ0n) is 13.2. The summed E-state index contributed by atoms with van der Waals surface area (Å²) >= 11 is 0. The van der Waals surface area contributed by atoms with Gasteiger partial charge >= 0.3 is 5.97 Å². The highest BCUT2D eigenvalue weighted by Crippen LogP contribution is 2.24. The van der Waals surface area contributed by atoms with Gasteiger partial charge in [-0.1, -0.05) is 49.9 Å². The molecule has 1 N–H and O–H groups in total. The highest BCUT2D eigenvalue weighted by molar-refractivity contribution is 6.24. The van der Waals surface area contributed by atoms with Crippen LogP contribution in [0.4, 0.5) is 0 Å². The molecule has 4 heteroatoms. The predicted octanol–water partition coefficient (Wildman–Crippen LogP) is 4.20. The maximum atomic E-state index is 12.4. The fraction of sp³-hybridized carbons (Fsp3) is 0.421. The van der Waals surface area contributed by atoms with Gasteiger partial charge in [-0.05, 0) is 25.3 Å². The number of carboxylic acid groups (broad SMARTS) is 1. The molecule has 0 heterocycles. The highest BCUT2D eigenvalue weighted by Gasteiger charge is 2.24. The van der Waals surface area contributed by atoms with E-state index in [1.807, 2.05) is 0 Å². The molecule has 0 amide bonds. The average Bonchev–Trinajstić information content (AvgIpc) is 2.54. The molecular formula is C19H22O4. The quantitative estimate of drug-likeness (QED) is 0.693. The third kappa shape index (κ3) is 4.88. The summed E-state index contributed by atoms with van der Waals surface area (Å²) in [5.41, 5.74) is 1.63. The summed E-state index contributed by atoms with van der Waals surface area (Å²) in [7, 11) is 0. The molecule has 1 aliphatic rings. The number of hydrogen-bond donors (Lipinski definition) is 1. The summed E-state index contributed by atoms with van der Waals surface area (Å²) in [4.78, 5) is 34.8. The van der Waals surface area contributed by atoms with Gasteiger partial charge in [-0.2, -0.15) is 0 Å². The fourth-order valence-corrected chi connectivity index (χ4v) is 2.85. The average molecular weight is 314 g/mol. The summed E-state index contributed by atoms with van der Waals surface area (Å²) in [5.74, 6) is -0.844. The van der Waals surface area contributed by atoms with E-state index in [4.69, 9.17) is 5.11 Å². The summed E-state index contributed by atoms with van der Waals surface area (Å²) in [6.07, 6.45) is 7.94. The number of Topliss-reactive ketones (excluding diaryl/α,β-unsaturated/α-hetero) is 1. The molecule has 1 aromatic rings. The Hall–Kier alpha value is -2.23. The number of hydrogen-bond acceptors (Lipinski definition) is 3. The number of fused-ring (bicyclic) bond motifs is 1. The van der Waals surface area contributed by atoms with Crippen LogP contribution in [0.5, 0.6) is 0 Å². The topological polar surface area (TPSA) is 71.4 Å². The second-order valence-corrected chi connectivity index (χ2v) is 5.92. The summed E-state index contributed by atoms with van der Waals surface area (Å²) < 4.78 is 0. The van der Waals surface area contributed by atoms with Crippen LogP contribution in [0.15, 0.2) is 35.9 Å². The number of carbonyl (C=O) groups is 3. The molecule has 0 saturated carbocycles. The number of ketones is 2. The van der Waals surface area contributed by atoms with Gasteiger partial charge in [0.2, 0.25) is 0 Å². The Morgan fingerprint density at radius 2 is 1.48 bits per heavy atom. The van der Waals surface area contributed by atoms with Gasteiger partial charge in [0.25, 0.3) is 0 Å². The minimum Gasteiger partial charge on any atom is -0.481 e. The van der Waals surface area contributed by atoms with Crippen LogP contribution in [0, 0.1) is 0 Å². The minimum atomic E-state index is -0.738. The van der Waals surface area contributed by atoms with Crippen LogP contribution in [0.1, 0.15) is 72.1 Å². The van der Waals surface area contributed by atoms with Crippen molar-refractivity contribution in [1.29, 1.82) is 0 Å². The van der Waals surface area contributed by atoms with E-state index in [1.54, 1.807) is 24.3 Å². The van der Waals surface area contributed by atoms with Crippen LogP contribution in [0.25, 0.3) is 0 Å². The molecular weight excluding hydrogens is 292 g/mol. The molecule has 0 aliphatic heterocycles. The van der Waals surface area contributed by atoms with E-state index in [-0.39, 0.29) is 18.0 Å². The molecule has 1 aliphatic carbocycles. The lowest BCUT2D eigenvalue weighted by Gasteiger charge is -2.14. The zero-order valence-corrected chi connectivity index (χ0v) is 13.2. The monoisotopic (exact) mass is 314 g/mol. The van der Waals surface area contributed by atoms with E-state index in [1.165, 1.54) is 6.08 Å². The third-order valence-electron chi connectivity index (χ3n) is 4.12. The van der Waals surface area contributed by atoms with Crippen molar-refractivity contribution < 1.29 is 19.5 Å². The van der Waals surface area contributed by atoms with Crippen molar-refractivity contribution in [2.24, 2.45) is 0 Å². The number of unbranched alkanes of at least 4 members (excludes halogenated alkanes) is 5. The second-order valence-electron chi connectivity index (χ2n) is 5.92. The van der Waals surface area contributed by atoms with E-state index in [0.29, 0.717) is 23.1 Å². The standard InChI is InChI=1S/C19H22O4/c20-17-13-14(19(23)16-11-8-7-10-15(16)17)9-5-3-1-2-4-6-12-18(21)22/h7-8,10-11,13H,1-6,9,12H2,(H,21,22). The van der Waals surface area contributed by atoms with E-state index in [9.17, 15) is 14.4 Å². The Bertz CT molecular complexity index is 628. The lowest BCUT2D eigenvalue weighted by atomic mass is 9.87. The van der Waals surface area contributed by atoms with Crippen LogP contribution >= 0.6 is 0 Å². The fourth-order valence-electron chi connectivity index (χ4n) is 2.85. The number of carbonyl (C=O) groups excluding carboxylic acids is 2. The normalized spacial score (nSPS) is 13.7. The summed E-state index contributed by atoms with van der Waals surface area (Å²) in [5, 5.41) is 8.55. The van der Waals surface area contributed by atoms with Crippen molar-refractivity contribution in [2.75, 3.05) is 0 Å². The first kappa shape index (κ1) is 17.1. The van der Waals surface area contributed by atoms with Crippen molar-refractivity contribution in [3.05, 3.63) is 47.0 Å². The molecule has 0 radical (unpaired) electrons.